The van der Waals surface area contributed by atoms with E-state index in [9.17, 15) is 4.79 Å². The van der Waals surface area contributed by atoms with E-state index in [0.717, 1.165) is 16.8 Å². The van der Waals surface area contributed by atoms with Gasteiger partial charge in [0.1, 0.15) is 18.0 Å². The lowest BCUT2D eigenvalue weighted by atomic mass is 10.1. The van der Waals surface area contributed by atoms with Crippen molar-refractivity contribution in [2.75, 3.05) is 11.1 Å². The minimum absolute atomic E-state index is 0.205. The Morgan fingerprint density at radius 3 is 2.61 bits per heavy atom. The Kier molecular flexibility index (Phi) is 5.44. The highest BCUT2D eigenvalue weighted by molar-refractivity contribution is 6.35. The molecule has 0 unspecified atom stereocenters. The van der Waals surface area contributed by atoms with E-state index in [0.29, 0.717) is 21.8 Å². The van der Waals surface area contributed by atoms with Crippen LogP contribution in [-0.2, 0) is 0 Å². The second kappa shape index (κ2) is 8.20. The van der Waals surface area contributed by atoms with Crippen LogP contribution in [0.15, 0.2) is 65.7 Å². The van der Waals surface area contributed by atoms with Crippen molar-refractivity contribution in [3.8, 4) is 5.69 Å². The Morgan fingerprint density at radius 1 is 1.16 bits per heavy atom. The number of fused-ring (bicyclic) bond motifs is 1. The molecule has 1 atom stereocenters. The van der Waals surface area contributed by atoms with Crippen molar-refractivity contribution in [3.63, 3.8) is 0 Å². The molecule has 0 spiro atoms. The first-order valence-corrected chi connectivity index (χ1v) is 10.1. The predicted molar refractivity (Wildman–Crippen MR) is 126 cm³/mol. The molecular formula is C23H21ClN6O. The lowest BCUT2D eigenvalue weighted by molar-refractivity contribution is 0.772. The van der Waals surface area contributed by atoms with Gasteiger partial charge in [-0.1, -0.05) is 41.9 Å². The van der Waals surface area contributed by atoms with E-state index in [1.54, 1.807) is 17.6 Å². The molecule has 4 rings (SSSR count). The number of rotatable bonds is 5. The monoisotopic (exact) mass is 432 g/mol. The number of anilines is 2. The smallest absolute Gasteiger partial charge is 0.264 e. The molecule has 0 fully saturated rings. The van der Waals surface area contributed by atoms with E-state index in [1.807, 2.05) is 55.5 Å². The van der Waals surface area contributed by atoms with E-state index in [4.69, 9.17) is 22.7 Å². The highest BCUT2D eigenvalue weighted by Gasteiger charge is 2.20. The summed E-state index contributed by atoms with van der Waals surface area (Å²) >= 11 is 6.37. The number of nitrogens with one attached hydrogen (secondary N) is 2. The average Bonchev–Trinajstić information content (AvgIpc) is 2.74. The normalized spacial score (nSPS) is 12.0. The molecule has 0 radical (unpaired) electrons. The van der Waals surface area contributed by atoms with Crippen LogP contribution in [0.3, 0.4) is 0 Å². The third kappa shape index (κ3) is 3.75. The van der Waals surface area contributed by atoms with E-state index in [2.05, 4.69) is 15.3 Å². The fourth-order valence-electron chi connectivity index (χ4n) is 3.66. The minimum Gasteiger partial charge on any atom is -0.383 e. The standard InChI is InChI=1S/C23H21ClN6O/c1-13(25)19-21(26)27-12-28-22(19)29-14(2)18-11-15-7-6-10-17(24)20(15)23(31)30(18)16-8-4-3-5-9-16/h3-12,14,25H,1-2H3,(H3,26,27,28,29)/t14-/m0/s1. The van der Waals surface area contributed by atoms with Crippen molar-refractivity contribution in [3.05, 3.63) is 87.6 Å². The molecule has 0 amide bonds. The summed E-state index contributed by atoms with van der Waals surface area (Å²) in [4.78, 5) is 21.8. The van der Waals surface area contributed by atoms with Gasteiger partial charge in [-0.25, -0.2) is 9.97 Å². The Bertz CT molecular complexity index is 1350. The molecule has 8 heteroatoms. The number of hydrogen-bond acceptors (Lipinski definition) is 6. The highest BCUT2D eigenvalue weighted by atomic mass is 35.5. The van der Waals surface area contributed by atoms with Crippen LogP contribution in [0, 0.1) is 5.41 Å². The van der Waals surface area contributed by atoms with Gasteiger partial charge in [0.2, 0.25) is 0 Å². The van der Waals surface area contributed by atoms with Gasteiger partial charge in [-0.15, -0.1) is 0 Å². The Balaban J connectivity index is 1.93. The lowest BCUT2D eigenvalue weighted by Gasteiger charge is -2.22. The summed E-state index contributed by atoms with van der Waals surface area (Å²) in [5.41, 5.74) is 7.90. The largest absolute Gasteiger partial charge is 0.383 e. The first-order chi connectivity index (χ1) is 14.9. The van der Waals surface area contributed by atoms with Crippen molar-refractivity contribution in [1.29, 1.82) is 5.41 Å². The summed E-state index contributed by atoms with van der Waals surface area (Å²) in [6.45, 7) is 3.55. The fourth-order valence-corrected chi connectivity index (χ4v) is 3.92. The lowest BCUT2D eigenvalue weighted by Crippen LogP contribution is -2.26. The van der Waals surface area contributed by atoms with Gasteiger partial charge < -0.3 is 16.5 Å². The van der Waals surface area contributed by atoms with Crippen LogP contribution >= 0.6 is 11.6 Å². The number of para-hydroxylation sites is 1. The average molecular weight is 433 g/mol. The molecule has 7 nitrogen and oxygen atoms in total. The number of halogens is 1. The SMILES string of the molecule is CC(=N)c1c(N)ncnc1N[C@@H](C)c1cc2cccc(Cl)c2c(=O)n1-c1ccccc1. The molecule has 156 valence electrons. The van der Waals surface area contributed by atoms with Crippen LogP contribution < -0.4 is 16.6 Å². The molecule has 0 saturated carbocycles. The second-order valence-corrected chi connectivity index (χ2v) is 7.63. The molecule has 2 heterocycles. The first kappa shape index (κ1) is 20.6. The van der Waals surface area contributed by atoms with Crippen molar-refractivity contribution in [2.24, 2.45) is 0 Å². The summed E-state index contributed by atoms with van der Waals surface area (Å²) in [6.07, 6.45) is 1.35. The molecule has 2 aromatic heterocycles. The van der Waals surface area contributed by atoms with E-state index in [1.165, 1.54) is 6.33 Å². The maximum absolute atomic E-state index is 13.5. The van der Waals surface area contributed by atoms with Gasteiger partial charge in [0.15, 0.2) is 0 Å². The van der Waals surface area contributed by atoms with Gasteiger partial charge >= 0.3 is 0 Å². The maximum Gasteiger partial charge on any atom is 0.264 e. The number of nitrogen functional groups attached to an aromatic ring is 1. The summed E-state index contributed by atoms with van der Waals surface area (Å²) in [5, 5.41) is 13.0. The van der Waals surface area contributed by atoms with Gasteiger partial charge in [0.05, 0.1) is 22.0 Å². The molecule has 4 N–H and O–H groups in total. The Morgan fingerprint density at radius 2 is 1.90 bits per heavy atom. The van der Waals surface area contributed by atoms with Gasteiger partial charge in [0.25, 0.3) is 5.56 Å². The summed E-state index contributed by atoms with van der Waals surface area (Å²) in [7, 11) is 0. The molecule has 2 aromatic carbocycles. The van der Waals surface area contributed by atoms with Crippen LogP contribution in [-0.4, -0.2) is 20.2 Å². The van der Waals surface area contributed by atoms with E-state index in [-0.39, 0.29) is 23.1 Å². The number of benzene rings is 2. The van der Waals surface area contributed by atoms with E-state index >= 15 is 0 Å². The predicted octanol–water partition coefficient (Wildman–Crippen LogP) is 4.58. The molecule has 0 aliphatic heterocycles. The molecule has 4 aromatic rings. The zero-order valence-electron chi connectivity index (χ0n) is 17.1. The third-order valence-electron chi connectivity index (χ3n) is 5.09. The van der Waals surface area contributed by atoms with Gasteiger partial charge in [-0.2, -0.15) is 0 Å². The van der Waals surface area contributed by atoms with Crippen molar-refractivity contribution < 1.29 is 0 Å². The topological polar surface area (TPSA) is 110 Å². The highest BCUT2D eigenvalue weighted by Crippen LogP contribution is 2.28. The minimum atomic E-state index is -0.344. The van der Waals surface area contributed by atoms with Crippen molar-refractivity contribution in [2.45, 2.75) is 19.9 Å². The fraction of sp³-hybridized carbons (Fsp3) is 0.130. The summed E-state index contributed by atoms with van der Waals surface area (Å²) < 4.78 is 1.65. The van der Waals surface area contributed by atoms with Crippen LogP contribution in [0.25, 0.3) is 16.5 Å². The molecule has 0 aliphatic rings. The molecule has 0 bridgehead atoms. The number of nitrogens with two attached hydrogens (primary N) is 1. The third-order valence-corrected chi connectivity index (χ3v) is 5.40. The molecular weight excluding hydrogens is 412 g/mol. The Hall–Kier alpha value is -3.71. The number of nitrogens with zero attached hydrogens (tertiary/aromatic N) is 3. The zero-order valence-corrected chi connectivity index (χ0v) is 17.8. The molecule has 31 heavy (non-hydrogen) atoms. The number of hydrogen-bond donors (Lipinski definition) is 3. The summed E-state index contributed by atoms with van der Waals surface area (Å²) in [5.74, 6) is 0.661. The number of aromatic nitrogens is 3. The van der Waals surface area contributed by atoms with Crippen LogP contribution in [0.5, 0.6) is 0 Å². The maximum atomic E-state index is 13.5. The zero-order chi connectivity index (χ0) is 22.1. The van der Waals surface area contributed by atoms with Gasteiger partial charge in [-0.3, -0.25) is 9.36 Å². The van der Waals surface area contributed by atoms with Crippen LogP contribution in [0.1, 0.15) is 31.1 Å². The van der Waals surface area contributed by atoms with Crippen molar-refractivity contribution in [1.82, 2.24) is 14.5 Å². The van der Waals surface area contributed by atoms with Gasteiger partial charge in [0, 0.05) is 17.1 Å². The summed E-state index contributed by atoms with van der Waals surface area (Å²) in [6, 6.07) is 16.4. The number of pyridine rings is 1. The second-order valence-electron chi connectivity index (χ2n) is 7.22. The van der Waals surface area contributed by atoms with Crippen molar-refractivity contribution >= 4 is 39.7 Å². The van der Waals surface area contributed by atoms with E-state index < -0.39 is 0 Å². The molecule has 0 saturated heterocycles. The van der Waals surface area contributed by atoms with Crippen LogP contribution in [0.4, 0.5) is 11.6 Å². The first-order valence-electron chi connectivity index (χ1n) is 9.70. The van der Waals surface area contributed by atoms with Crippen LogP contribution in [0.2, 0.25) is 5.02 Å². The quantitative estimate of drug-likeness (QED) is 0.400. The van der Waals surface area contributed by atoms with Gasteiger partial charge in [-0.05, 0) is 43.5 Å². The Labute approximate surface area is 184 Å². The molecule has 0 aliphatic carbocycles.